The molecule has 1 heteroatoms. The Bertz CT molecular complexity index is 97.8. The molecule has 0 N–H and O–H groups in total. The van der Waals surface area contributed by atoms with Crippen LogP contribution < -0.4 is 0 Å². The van der Waals surface area contributed by atoms with E-state index >= 15 is 0 Å². The van der Waals surface area contributed by atoms with Crippen molar-refractivity contribution < 1.29 is 0 Å². The van der Waals surface area contributed by atoms with E-state index < -0.39 is 8.07 Å². The Morgan fingerprint density at radius 2 is 1.80 bits per heavy atom. The lowest BCUT2D eigenvalue weighted by Gasteiger charge is -2.27. The summed E-state index contributed by atoms with van der Waals surface area (Å²) in [7, 11) is -0.723. The zero-order chi connectivity index (χ0) is 7.61. The van der Waals surface area contributed by atoms with Crippen LogP contribution in [0.2, 0.25) is 25.7 Å². The molecule has 0 aromatic rings. The molecule has 0 aromatic carbocycles. The maximum atomic E-state index is 2.46. The first kappa shape index (κ1) is 8.31. The Hall–Kier alpha value is 0.217. The molecular formula is C9H19Si. The minimum absolute atomic E-state index is 0.723. The average Bonchev–Trinajstić information content (AvgIpc) is 1.56. The second-order valence-corrected chi connectivity index (χ2v) is 10.3. The van der Waals surface area contributed by atoms with Gasteiger partial charge in [0.2, 0.25) is 0 Å². The van der Waals surface area contributed by atoms with E-state index in [9.17, 15) is 0 Å². The number of hydrogen-bond acceptors (Lipinski definition) is 0. The molecule has 0 unspecified atom stereocenters. The third-order valence-corrected chi connectivity index (χ3v) is 4.04. The number of rotatable bonds is 3. The third kappa shape index (κ3) is 2.87. The van der Waals surface area contributed by atoms with E-state index in [0.29, 0.717) is 0 Å². The molecule has 1 aliphatic carbocycles. The molecule has 0 nitrogen and oxygen atoms in total. The smallest absolute Gasteiger partial charge is 0.0442 e. The molecule has 0 aliphatic heterocycles. The molecule has 0 aromatic heterocycles. The molecule has 59 valence electrons. The first-order chi connectivity index (χ1) is 4.58. The van der Waals surface area contributed by atoms with Crippen LogP contribution in [0.4, 0.5) is 0 Å². The summed E-state index contributed by atoms with van der Waals surface area (Å²) in [6, 6.07) is 1.52. The van der Waals surface area contributed by atoms with Gasteiger partial charge in [-0.1, -0.05) is 32.1 Å². The van der Waals surface area contributed by atoms with Gasteiger partial charge in [-0.05, 0) is 25.2 Å². The predicted octanol–water partition coefficient (Wildman–Crippen LogP) is 3.47. The molecule has 0 amide bonds. The molecule has 0 atom stereocenters. The largest absolute Gasteiger partial charge is 0.0695 e. The van der Waals surface area contributed by atoms with Crippen LogP contribution in [-0.4, -0.2) is 8.07 Å². The van der Waals surface area contributed by atoms with Gasteiger partial charge in [0.25, 0.3) is 0 Å². The van der Waals surface area contributed by atoms with Crippen LogP contribution in [0.25, 0.3) is 0 Å². The lowest BCUT2D eigenvalue weighted by molar-refractivity contribution is 0.518. The van der Waals surface area contributed by atoms with Gasteiger partial charge in [0.05, 0.1) is 0 Å². The number of hydrogen-bond donors (Lipinski definition) is 0. The highest BCUT2D eigenvalue weighted by atomic mass is 28.3. The summed E-state index contributed by atoms with van der Waals surface area (Å²) in [5, 5.41) is 0. The van der Waals surface area contributed by atoms with Gasteiger partial charge in [0.1, 0.15) is 0 Å². The van der Waals surface area contributed by atoms with Gasteiger partial charge < -0.3 is 0 Å². The molecule has 0 bridgehead atoms. The normalized spacial score (nSPS) is 20.7. The van der Waals surface area contributed by atoms with Gasteiger partial charge in [-0.3, -0.25) is 0 Å². The van der Waals surface area contributed by atoms with Gasteiger partial charge in [0.15, 0.2) is 0 Å². The summed E-state index contributed by atoms with van der Waals surface area (Å²) >= 11 is 0. The quantitative estimate of drug-likeness (QED) is 0.547. The first-order valence-electron chi connectivity index (χ1n) is 4.41. The maximum Gasteiger partial charge on any atom is 0.0442 e. The van der Waals surface area contributed by atoms with Crippen molar-refractivity contribution in [1.29, 1.82) is 0 Å². The van der Waals surface area contributed by atoms with E-state index in [1.54, 1.807) is 0 Å². The summed E-state index contributed by atoms with van der Waals surface area (Å²) in [5.41, 5.74) is 0. The topological polar surface area (TPSA) is 0 Å². The lowest BCUT2D eigenvalue weighted by atomic mass is 9.84. The second kappa shape index (κ2) is 3.08. The van der Waals surface area contributed by atoms with Crippen molar-refractivity contribution in [3.8, 4) is 0 Å². The molecule has 1 rings (SSSR count). The average molecular weight is 155 g/mol. The van der Waals surface area contributed by atoms with Crippen LogP contribution in [-0.2, 0) is 0 Å². The van der Waals surface area contributed by atoms with Crippen LogP contribution >= 0.6 is 0 Å². The molecular weight excluding hydrogens is 136 g/mol. The predicted molar refractivity (Wildman–Crippen MR) is 49.9 cm³/mol. The van der Waals surface area contributed by atoms with Gasteiger partial charge in [-0.2, -0.15) is 0 Å². The SMILES string of the molecule is C[Si](C)(C)CC[C]1CCC1. The summed E-state index contributed by atoms with van der Waals surface area (Å²) in [4.78, 5) is 0. The van der Waals surface area contributed by atoms with Gasteiger partial charge >= 0.3 is 0 Å². The van der Waals surface area contributed by atoms with E-state index in [4.69, 9.17) is 0 Å². The molecule has 1 aliphatic rings. The van der Waals surface area contributed by atoms with E-state index in [-0.39, 0.29) is 0 Å². The molecule has 1 saturated carbocycles. The van der Waals surface area contributed by atoms with Crippen molar-refractivity contribution in [3.63, 3.8) is 0 Å². The Kier molecular flexibility index (Phi) is 2.56. The summed E-state index contributed by atoms with van der Waals surface area (Å²) in [6.07, 6.45) is 5.83. The highest BCUT2D eigenvalue weighted by Crippen LogP contribution is 2.34. The highest BCUT2D eigenvalue weighted by molar-refractivity contribution is 6.76. The third-order valence-electron chi connectivity index (χ3n) is 2.29. The van der Waals surface area contributed by atoms with Gasteiger partial charge in [-0.25, -0.2) is 0 Å². The Morgan fingerprint density at radius 3 is 2.10 bits per heavy atom. The summed E-state index contributed by atoms with van der Waals surface area (Å²) in [5.74, 6) is 1.85. The molecule has 1 fully saturated rings. The minimum atomic E-state index is -0.723. The fourth-order valence-electron chi connectivity index (χ4n) is 1.23. The van der Waals surface area contributed by atoms with Gasteiger partial charge in [0, 0.05) is 8.07 Å². The van der Waals surface area contributed by atoms with Crippen LogP contribution in [0.15, 0.2) is 0 Å². The fourth-order valence-corrected chi connectivity index (χ4v) is 2.33. The molecule has 1 radical (unpaired) electrons. The zero-order valence-corrected chi connectivity index (χ0v) is 8.54. The Labute approximate surface area is 66.0 Å². The van der Waals surface area contributed by atoms with Crippen molar-refractivity contribution in [2.24, 2.45) is 0 Å². The zero-order valence-electron chi connectivity index (χ0n) is 7.54. The van der Waals surface area contributed by atoms with Crippen molar-refractivity contribution in [3.05, 3.63) is 5.92 Å². The van der Waals surface area contributed by atoms with Crippen LogP contribution in [0, 0.1) is 5.92 Å². The standard InChI is InChI=1S/C9H19Si/c1-10(2,3)8-7-9-5-4-6-9/h4-8H2,1-3H3. The molecule has 0 spiro atoms. The van der Waals surface area contributed by atoms with Crippen molar-refractivity contribution in [1.82, 2.24) is 0 Å². The van der Waals surface area contributed by atoms with Crippen LogP contribution in [0.1, 0.15) is 25.7 Å². The van der Waals surface area contributed by atoms with Crippen LogP contribution in [0.3, 0.4) is 0 Å². The Balaban J connectivity index is 2.04. The Morgan fingerprint density at radius 1 is 1.20 bits per heavy atom. The summed E-state index contributed by atoms with van der Waals surface area (Å²) in [6.45, 7) is 7.39. The van der Waals surface area contributed by atoms with E-state index in [1.807, 2.05) is 5.92 Å². The molecule has 0 heterocycles. The first-order valence-corrected chi connectivity index (χ1v) is 8.12. The van der Waals surface area contributed by atoms with E-state index in [1.165, 1.54) is 31.7 Å². The lowest BCUT2D eigenvalue weighted by Crippen LogP contribution is -2.21. The van der Waals surface area contributed by atoms with E-state index in [2.05, 4.69) is 19.6 Å². The van der Waals surface area contributed by atoms with Crippen LogP contribution in [0.5, 0.6) is 0 Å². The second-order valence-electron chi connectivity index (χ2n) is 4.66. The molecule has 0 saturated heterocycles. The molecule has 10 heavy (non-hydrogen) atoms. The minimum Gasteiger partial charge on any atom is -0.0695 e. The van der Waals surface area contributed by atoms with E-state index in [0.717, 1.165) is 0 Å². The maximum absolute atomic E-state index is 2.46. The van der Waals surface area contributed by atoms with Crippen molar-refractivity contribution in [2.45, 2.75) is 51.4 Å². The fraction of sp³-hybridized carbons (Fsp3) is 0.889. The monoisotopic (exact) mass is 155 g/mol. The van der Waals surface area contributed by atoms with Gasteiger partial charge in [-0.15, -0.1) is 0 Å². The van der Waals surface area contributed by atoms with Crippen molar-refractivity contribution in [2.75, 3.05) is 0 Å². The summed E-state index contributed by atoms with van der Waals surface area (Å²) < 4.78 is 0. The highest BCUT2D eigenvalue weighted by Gasteiger charge is 2.21. The van der Waals surface area contributed by atoms with Crippen molar-refractivity contribution >= 4 is 8.07 Å².